The van der Waals surface area contributed by atoms with Gasteiger partial charge < -0.3 is 10.1 Å². The van der Waals surface area contributed by atoms with Crippen LogP contribution in [0.5, 0.6) is 5.75 Å². The molecule has 0 atom stereocenters. The van der Waals surface area contributed by atoms with E-state index in [4.69, 9.17) is 4.74 Å². The predicted molar refractivity (Wildman–Crippen MR) is 67.0 cm³/mol. The lowest BCUT2D eigenvalue weighted by Gasteiger charge is -2.07. The van der Waals surface area contributed by atoms with Crippen molar-refractivity contribution in [3.63, 3.8) is 0 Å². The van der Waals surface area contributed by atoms with Gasteiger partial charge in [-0.2, -0.15) is 0 Å². The number of rotatable bonds is 5. The summed E-state index contributed by atoms with van der Waals surface area (Å²) < 4.78 is 5.17. The quantitative estimate of drug-likeness (QED) is 0.843. The molecular formula is C14H17NO2. The van der Waals surface area contributed by atoms with Crippen molar-refractivity contribution in [3.8, 4) is 5.75 Å². The van der Waals surface area contributed by atoms with Crippen molar-refractivity contribution in [2.75, 3.05) is 13.7 Å². The van der Waals surface area contributed by atoms with Gasteiger partial charge in [0.1, 0.15) is 5.75 Å². The van der Waals surface area contributed by atoms with Gasteiger partial charge in [0, 0.05) is 24.7 Å². The molecule has 0 saturated heterocycles. The number of hydrogen-bond acceptors (Lipinski definition) is 3. The second-order valence-corrected chi connectivity index (χ2v) is 4.16. The van der Waals surface area contributed by atoms with Crippen LogP contribution in [0.4, 0.5) is 0 Å². The van der Waals surface area contributed by atoms with Crippen molar-refractivity contribution in [2.45, 2.75) is 19.3 Å². The zero-order chi connectivity index (χ0) is 12.1. The Hall–Kier alpha value is -1.77. The highest BCUT2D eigenvalue weighted by molar-refractivity contribution is 5.92. The van der Waals surface area contributed by atoms with E-state index >= 15 is 0 Å². The van der Waals surface area contributed by atoms with E-state index in [-0.39, 0.29) is 5.78 Å². The Kier molecular flexibility index (Phi) is 3.81. The Morgan fingerprint density at radius 3 is 2.94 bits per heavy atom. The smallest absolute Gasteiger partial charge is 0.157 e. The van der Waals surface area contributed by atoms with E-state index in [1.54, 1.807) is 13.2 Å². The molecule has 17 heavy (non-hydrogen) atoms. The highest BCUT2D eigenvalue weighted by atomic mass is 16.5. The lowest BCUT2D eigenvalue weighted by atomic mass is 10.1. The molecule has 1 aromatic rings. The fourth-order valence-electron chi connectivity index (χ4n) is 1.93. The lowest BCUT2D eigenvalue weighted by Crippen LogP contribution is -2.15. The molecule has 0 amide bonds. The van der Waals surface area contributed by atoms with Crippen LogP contribution in [-0.2, 0) is 11.2 Å². The summed E-state index contributed by atoms with van der Waals surface area (Å²) in [4.78, 5) is 11.0. The van der Waals surface area contributed by atoms with Crippen LogP contribution < -0.4 is 10.1 Å². The first-order valence-electron chi connectivity index (χ1n) is 5.88. The summed E-state index contributed by atoms with van der Waals surface area (Å²) in [5.74, 6) is 1.12. The van der Waals surface area contributed by atoms with E-state index in [1.807, 2.05) is 18.2 Å². The molecule has 2 rings (SSSR count). The topological polar surface area (TPSA) is 38.3 Å². The molecule has 0 heterocycles. The summed E-state index contributed by atoms with van der Waals surface area (Å²) in [6.07, 6.45) is 4.16. The monoisotopic (exact) mass is 231 g/mol. The van der Waals surface area contributed by atoms with Gasteiger partial charge in [-0.1, -0.05) is 12.1 Å². The van der Waals surface area contributed by atoms with Gasteiger partial charge in [-0.3, -0.25) is 4.79 Å². The number of allylic oxidation sites excluding steroid dienone is 2. The molecule has 0 aliphatic heterocycles. The van der Waals surface area contributed by atoms with Crippen LogP contribution >= 0.6 is 0 Å². The van der Waals surface area contributed by atoms with Crippen molar-refractivity contribution >= 4 is 5.78 Å². The minimum absolute atomic E-state index is 0.230. The third-order valence-electron chi connectivity index (χ3n) is 2.88. The molecule has 1 N–H and O–H groups in total. The number of carbonyl (C=O) groups is 1. The van der Waals surface area contributed by atoms with Crippen LogP contribution in [0.1, 0.15) is 18.4 Å². The number of methoxy groups -OCH3 is 1. The van der Waals surface area contributed by atoms with Gasteiger partial charge in [0.2, 0.25) is 0 Å². The minimum Gasteiger partial charge on any atom is -0.497 e. The first kappa shape index (κ1) is 11.7. The standard InChI is InChI=1S/C14H17NO2/c1-17-14-4-2-3-11(9-14)7-8-15-12-5-6-13(16)10-12/h2-4,9-10,15H,5-8H2,1H3. The maximum absolute atomic E-state index is 11.0. The maximum atomic E-state index is 11.0. The SMILES string of the molecule is COc1cccc(CCNC2=CC(=O)CC2)c1. The molecule has 0 fully saturated rings. The van der Waals surface area contributed by atoms with Gasteiger partial charge in [-0.15, -0.1) is 0 Å². The summed E-state index contributed by atoms with van der Waals surface area (Å²) in [7, 11) is 1.67. The largest absolute Gasteiger partial charge is 0.497 e. The van der Waals surface area contributed by atoms with Crippen LogP contribution in [0, 0.1) is 0 Å². The fourth-order valence-corrected chi connectivity index (χ4v) is 1.93. The van der Waals surface area contributed by atoms with Gasteiger partial charge in [0.05, 0.1) is 7.11 Å². The molecule has 0 radical (unpaired) electrons. The van der Waals surface area contributed by atoms with Crippen LogP contribution in [0.15, 0.2) is 36.0 Å². The Balaban J connectivity index is 1.81. The number of benzene rings is 1. The molecular weight excluding hydrogens is 214 g/mol. The van der Waals surface area contributed by atoms with E-state index in [9.17, 15) is 4.79 Å². The highest BCUT2D eigenvalue weighted by Crippen LogP contribution is 2.14. The molecule has 0 unspecified atom stereocenters. The second-order valence-electron chi connectivity index (χ2n) is 4.16. The molecule has 0 spiro atoms. The summed E-state index contributed by atoms with van der Waals surface area (Å²) >= 11 is 0. The van der Waals surface area contributed by atoms with E-state index in [0.29, 0.717) is 6.42 Å². The normalized spacial score (nSPS) is 14.6. The highest BCUT2D eigenvalue weighted by Gasteiger charge is 2.10. The zero-order valence-corrected chi connectivity index (χ0v) is 10.0. The first-order valence-corrected chi connectivity index (χ1v) is 5.88. The van der Waals surface area contributed by atoms with Gasteiger partial charge in [0.25, 0.3) is 0 Å². The number of hydrogen-bond donors (Lipinski definition) is 1. The van der Waals surface area contributed by atoms with Crippen LogP contribution in [0.25, 0.3) is 0 Å². The zero-order valence-electron chi connectivity index (χ0n) is 10.0. The Bertz CT molecular complexity index is 438. The Labute approximate surface area is 101 Å². The molecule has 0 aromatic heterocycles. The van der Waals surface area contributed by atoms with E-state index in [0.717, 1.165) is 30.8 Å². The van der Waals surface area contributed by atoms with Gasteiger partial charge in [0.15, 0.2) is 5.78 Å². The molecule has 0 saturated carbocycles. The Morgan fingerprint density at radius 2 is 2.24 bits per heavy atom. The van der Waals surface area contributed by atoms with Crippen LogP contribution in [0.2, 0.25) is 0 Å². The van der Waals surface area contributed by atoms with Crippen molar-refractivity contribution in [3.05, 3.63) is 41.6 Å². The predicted octanol–water partition coefficient (Wildman–Crippen LogP) is 2.07. The van der Waals surface area contributed by atoms with E-state index in [2.05, 4.69) is 11.4 Å². The van der Waals surface area contributed by atoms with E-state index in [1.165, 1.54) is 5.56 Å². The number of ether oxygens (including phenoxy) is 1. The van der Waals surface area contributed by atoms with Crippen LogP contribution in [0.3, 0.4) is 0 Å². The molecule has 3 nitrogen and oxygen atoms in total. The minimum atomic E-state index is 0.230. The third kappa shape index (κ3) is 3.34. The average Bonchev–Trinajstić information content (AvgIpc) is 2.75. The molecule has 0 bridgehead atoms. The number of carbonyl (C=O) groups excluding carboxylic acids is 1. The Morgan fingerprint density at radius 1 is 1.35 bits per heavy atom. The molecule has 1 aliphatic carbocycles. The number of ketones is 1. The molecule has 90 valence electrons. The van der Waals surface area contributed by atoms with Crippen molar-refractivity contribution in [1.29, 1.82) is 0 Å². The van der Waals surface area contributed by atoms with Crippen molar-refractivity contribution in [1.82, 2.24) is 5.32 Å². The summed E-state index contributed by atoms with van der Waals surface area (Å²) in [5, 5.41) is 3.30. The third-order valence-corrected chi connectivity index (χ3v) is 2.88. The summed E-state index contributed by atoms with van der Waals surface area (Å²) in [5.41, 5.74) is 2.31. The molecule has 1 aromatic carbocycles. The average molecular weight is 231 g/mol. The molecule has 1 aliphatic rings. The fraction of sp³-hybridized carbons (Fsp3) is 0.357. The van der Waals surface area contributed by atoms with Crippen LogP contribution in [-0.4, -0.2) is 19.4 Å². The number of nitrogens with one attached hydrogen (secondary N) is 1. The van der Waals surface area contributed by atoms with Crippen molar-refractivity contribution < 1.29 is 9.53 Å². The summed E-state index contributed by atoms with van der Waals surface area (Å²) in [6.45, 7) is 0.853. The van der Waals surface area contributed by atoms with Gasteiger partial charge in [-0.25, -0.2) is 0 Å². The van der Waals surface area contributed by atoms with Crippen molar-refractivity contribution in [2.24, 2.45) is 0 Å². The molecule has 3 heteroatoms. The van der Waals surface area contributed by atoms with Gasteiger partial charge in [-0.05, 0) is 30.5 Å². The van der Waals surface area contributed by atoms with Gasteiger partial charge >= 0.3 is 0 Å². The van der Waals surface area contributed by atoms with E-state index < -0.39 is 0 Å². The first-order chi connectivity index (χ1) is 8.28. The second kappa shape index (κ2) is 5.53. The maximum Gasteiger partial charge on any atom is 0.157 e. The lowest BCUT2D eigenvalue weighted by molar-refractivity contribution is -0.114. The summed E-state index contributed by atoms with van der Waals surface area (Å²) in [6, 6.07) is 8.05.